The topological polar surface area (TPSA) is 20.2 Å². The first-order valence-electron chi connectivity index (χ1n) is 5.71. The van der Waals surface area contributed by atoms with Crippen LogP contribution in [0.25, 0.3) is 0 Å². The van der Waals surface area contributed by atoms with Crippen LogP contribution < -0.4 is 0 Å². The number of halogens is 3. The summed E-state index contributed by atoms with van der Waals surface area (Å²) in [5, 5.41) is 10.2. The molecule has 0 saturated heterocycles. The largest absolute Gasteiger partial charge is 0.416 e. The van der Waals surface area contributed by atoms with Gasteiger partial charge in [-0.3, -0.25) is 0 Å². The summed E-state index contributed by atoms with van der Waals surface area (Å²) in [6.07, 6.45) is -5.41. The van der Waals surface area contributed by atoms with Crippen LogP contribution in [-0.4, -0.2) is 5.11 Å². The number of aryl methyl sites for hydroxylation is 2. The van der Waals surface area contributed by atoms with E-state index < -0.39 is 17.8 Å². The highest BCUT2D eigenvalue weighted by Crippen LogP contribution is 2.35. The molecule has 1 atom stereocenters. The van der Waals surface area contributed by atoms with E-state index in [-0.39, 0.29) is 5.56 Å². The van der Waals surface area contributed by atoms with E-state index in [2.05, 4.69) is 0 Å². The van der Waals surface area contributed by atoms with E-state index in [9.17, 15) is 18.3 Å². The average Bonchev–Trinajstić information content (AvgIpc) is 2.66. The van der Waals surface area contributed by atoms with Crippen LogP contribution >= 0.6 is 11.3 Å². The highest BCUT2D eigenvalue weighted by molar-refractivity contribution is 7.12. The van der Waals surface area contributed by atoms with E-state index in [0.717, 1.165) is 22.6 Å². The third-order valence-corrected chi connectivity index (χ3v) is 4.06. The number of thiophene rings is 1. The zero-order valence-corrected chi connectivity index (χ0v) is 11.3. The number of aliphatic hydroxyl groups is 1. The second-order valence-electron chi connectivity index (χ2n) is 4.43. The minimum absolute atomic E-state index is 0.264. The van der Waals surface area contributed by atoms with Crippen molar-refractivity contribution >= 4 is 11.3 Å². The van der Waals surface area contributed by atoms with E-state index in [1.54, 1.807) is 0 Å². The van der Waals surface area contributed by atoms with Gasteiger partial charge in [-0.1, -0.05) is 12.1 Å². The van der Waals surface area contributed by atoms with Gasteiger partial charge in [-0.05, 0) is 43.2 Å². The molecule has 0 saturated carbocycles. The zero-order valence-electron chi connectivity index (χ0n) is 10.5. The molecule has 5 heteroatoms. The van der Waals surface area contributed by atoms with E-state index in [1.165, 1.54) is 23.5 Å². The molecule has 1 aromatic heterocycles. The summed E-state index contributed by atoms with van der Waals surface area (Å²) in [7, 11) is 0. The summed E-state index contributed by atoms with van der Waals surface area (Å²) < 4.78 is 37.9. The van der Waals surface area contributed by atoms with Gasteiger partial charge in [0.25, 0.3) is 0 Å². The lowest BCUT2D eigenvalue weighted by molar-refractivity contribution is -0.137. The van der Waals surface area contributed by atoms with Crippen molar-refractivity contribution in [3.05, 3.63) is 56.8 Å². The molecule has 0 aliphatic heterocycles. The number of alkyl halides is 3. The average molecular weight is 286 g/mol. The Morgan fingerprint density at radius 3 is 2.37 bits per heavy atom. The van der Waals surface area contributed by atoms with Crippen molar-refractivity contribution in [3.63, 3.8) is 0 Å². The molecule has 0 bridgehead atoms. The van der Waals surface area contributed by atoms with Crippen molar-refractivity contribution in [1.82, 2.24) is 0 Å². The van der Waals surface area contributed by atoms with Crippen LogP contribution in [-0.2, 0) is 6.18 Å². The molecule has 0 radical (unpaired) electrons. The lowest BCUT2D eigenvalue weighted by Gasteiger charge is -2.13. The molecule has 0 spiro atoms. The van der Waals surface area contributed by atoms with Gasteiger partial charge in [-0.15, -0.1) is 11.3 Å². The summed E-state index contributed by atoms with van der Waals surface area (Å²) in [4.78, 5) is 1.72. The first-order valence-corrected chi connectivity index (χ1v) is 6.53. The van der Waals surface area contributed by atoms with Crippen LogP contribution in [0.3, 0.4) is 0 Å². The summed E-state index contributed by atoms with van der Waals surface area (Å²) in [6.45, 7) is 3.75. The highest BCUT2D eigenvalue weighted by atomic mass is 32.1. The van der Waals surface area contributed by atoms with Gasteiger partial charge >= 0.3 is 6.18 Å². The Morgan fingerprint density at radius 2 is 1.84 bits per heavy atom. The van der Waals surface area contributed by atoms with Crippen molar-refractivity contribution < 1.29 is 18.3 Å². The van der Waals surface area contributed by atoms with E-state index in [0.29, 0.717) is 4.88 Å². The second kappa shape index (κ2) is 4.98. The maximum Gasteiger partial charge on any atom is 0.416 e. The fourth-order valence-electron chi connectivity index (χ4n) is 1.97. The molecular weight excluding hydrogens is 273 g/mol. The van der Waals surface area contributed by atoms with Crippen LogP contribution in [0.4, 0.5) is 13.2 Å². The Bertz CT molecular complexity index is 587. The van der Waals surface area contributed by atoms with Crippen LogP contribution in [0.2, 0.25) is 0 Å². The first kappa shape index (κ1) is 14.1. The number of hydrogen-bond donors (Lipinski definition) is 1. The molecule has 1 heterocycles. The summed E-state index contributed by atoms with van der Waals surface area (Å²) in [5.41, 5.74) is 0.419. The Morgan fingerprint density at radius 1 is 1.16 bits per heavy atom. The van der Waals surface area contributed by atoms with E-state index in [4.69, 9.17) is 0 Å². The van der Waals surface area contributed by atoms with Crippen molar-refractivity contribution in [2.75, 3.05) is 0 Å². The molecule has 0 amide bonds. The summed E-state index contributed by atoms with van der Waals surface area (Å²) in [5.74, 6) is 0. The maximum atomic E-state index is 12.6. The molecule has 1 N–H and O–H groups in total. The van der Waals surface area contributed by atoms with Crippen LogP contribution in [0.15, 0.2) is 30.3 Å². The van der Waals surface area contributed by atoms with Gasteiger partial charge in [-0.25, -0.2) is 0 Å². The van der Waals surface area contributed by atoms with E-state index in [1.807, 2.05) is 19.9 Å². The molecule has 0 aliphatic rings. The molecule has 1 nitrogen and oxygen atoms in total. The van der Waals surface area contributed by atoms with Gasteiger partial charge < -0.3 is 5.11 Å². The smallest absolute Gasteiger partial charge is 0.383 e. The number of rotatable bonds is 2. The molecule has 2 rings (SSSR count). The molecular formula is C14H13F3OS. The molecule has 0 aliphatic carbocycles. The Balaban J connectivity index is 2.39. The molecule has 0 fully saturated rings. The van der Waals surface area contributed by atoms with Crippen molar-refractivity contribution in [3.8, 4) is 0 Å². The molecule has 102 valence electrons. The number of aliphatic hydroxyl groups excluding tert-OH is 1. The summed E-state index contributed by atoms with van der Waals surface area (Å²) >= 11 is 1.40. The highest BCUT2D eigenvalue weighted by Gasteiger charge is 2.31. The van der Waals surface area contributed by atoms with Gasteiger partial charge in [0.15, 0.2) is 0 Å². The summed E-state index contributed by atoms with van der Waals surface area (Å²) in [6, 6.07) is 6.74. The number of hydrogen-bond acceptors (Lipinski definition) is 2. The Hall–Kier alpha value is -1.33. The molecule has 19 heavy (non-hydrogen) atoms. The minimum atomic E-state index is -4.39. The lowest BCUT2D eigenvalue weighted by atomic mass is 10.0. The monoisotopic (exact) mass is 286 g/mol. The predicted molar refractivity (Wildman–Crippen MR) is 69.3 cm³/mol. The van der Waals surface area contributed by atoms with Crippen molar-refractivity contribution in [2.45, 2.75) is 26.1 Å². The second-order valence-corrected chi connectivity index (χ2v) is 5.72. The third-order valence-electron chi connectivity index (χ3n) is 2.86. The van der Waals surface area contributed by atoms with Gasteiger partial charge in [0, 0.05) is 9.75 Å². The van der Waals surface area contributed by atoms with Gasteiger partial charge in [0.2, 0.25) is 0 Å². The normalized spacial score (nSPS) is 13.6. The standard InChI is InChI=1S/C14H13F3OS/c1-8-6-9(2)19-13(8)12(18)10-4-3-5-11(7-10)14(15,16)17/h3-7,12,18H,1-2H3. The third kappa shape index (κ3) is 2.98. The lowest BCUT2D eigenvalue weighted by Crippen LogP contribution is -2.07. The van der Waals surface area contributed by atoms with Gasteiger partial charge in [0.1, 0.15) is 6.10 Å². The molecule has 1 unspecified atom stereocenters. The zero-order chi connectivity index (χ0) is 14.2. The Labute approximate surface area is 113 Å². The number of benzene rings is 1. The minimum Gasteiger partial charge on any atom is -0.383 e. The Kier molecular flexibility index (Phi) is 3.69. The fourth-order valence-corrected chi connectivity index (χ4v) is 3.02. The molecule has 1 aromatic carbocycles. The quantitative estimate of drug-likeness (QED) is 0.864. The van der Waals surface area contributed by atoms with Gasteiger partial charge in [-0.2, -0.15) is 13.2 Å². The predicted octanol–water partition coefficient (Wildman–Crippen LogP) is 4.47. The SMILES string of the molecule is Cc1cc(C)c(C(O)c2cccc(C(F)(F)F)c2)s1. The van der Waals surface area contributed by atoms with Crippen molar-refractivity contribution in [1.29, 1.82) is 0 Å². The van der Waals surface area contributed by atoms with Crippen LogP contribution in [0.5, 0.6) is 0 Å². The molecule has 2 aromatic rings. The maximum absolute atomic E-state index is 12.6. The van der Waals surface area contributed by atoms with Crippen LogP contribution in [0.1, 0.15) is 32.5 Å². The van der Waals surface area contributed by atoms with E-state index >= 15 is 0 Å². The fraction of sp³-hybridized carbons (Fsp3) is 0.286. The first-order chi connectivity index (χ1) is 8.79. The van der Waals surface area contributed by atoms with Gasteiger partial charge in [0.05, 0.1) is 5.56 Å². The van der Waals surface area contributed by atoms with Crippen molar-refractivity contribution in [2.24, 2.45) is 0 Å². The van der Waals surface area contributed by atoms with Crippen LogP contribution in [0, 0.1) is 13.8 Å².